The second kappa shape index (κ2) is 13.7. The van der Waals surface area contributed by atoms with Crippen molar-refractivity contribution >= 4 is 44.8 Å². The molecule has 3 aromatic rings. The van der Waals surface area contributed by atoms with E-state index in [9.17, 15) is 13.2 Å². The minimum Gasteiger partial charge on any atom is -0.494 e. The van der Waals surface area contributed by atoms with Crippen LogP contribution in [0.3, 0.4) is 0 Å². The molecule has 0 unspecified atom stereocenters. The van der Waals surface area contributed by atoms with Crippen LogP contribution in [-0.4, -0.2) is 62.5 Å². The zero-order valence-electron chi connectivity index (χ0n) is 22.6. The number of sulfone groups is 1. The molecule has 0 spiro atoms. The molecule has 0 saturated carbocycles. The quantitative estimate of drug-likeness (QED) is 0.264. The van der Waals surface area contributed by atoms with Crippen molar-refractivity contribution in [1.29, 1.82) is 0 Å². The summed E-state index contributed by atoms with van der Waals surface area (Å²) >= 11 is 12.3. The molecule has 0 fully saturated rings. The number of carbonyl (C=O) groups excluding carboxylic acids is 1. The van der Waals surface area contributed by atoms with Crippen LogP contribution in [-0.2, 0) is 25.8 Å². The summed E-state index contributed by atoms with van der Waals surface area (Å²) in [6.45, 7) is 2.39. The number of halogens is 2. The van der Waals surface area contributed by atoms with E-state index < -0.39 is 27.4 Å². The summed E-state index contributed by atoms with van der Waals surface area (Å²) < 4.78 is 38.0. The lowest BCUT2D eigenvalue weighted by Gasteiger charge is -2.28. The monoisotopic (exact) mass is 618 g/mol. The molecule has 1 heterocycles. The van der Waals surface area contributed by atoms with Gasteiger partial charge in [-0.05, 0) is 73.9 Å². The number of hydrogen-bond donors (Lipinski definition) is 2. The lowest BCUT2D eigenvalue weighted by Crippen LogP contribution is -2.52. The second-order valence-electron chi connectivity index (χ2n) is 9.67. The van der Waals surface area contributed by atoms with Gasteiger partial charge in [0.15, 0.2) is 15.4 Å². The van der Waals surface area contributed by atoms with Crippen LogP contribution in [0.15, 0.2) is 82.7 Å². The number of carbonyl (C=O) groups is 1. The molecule has 0 saturated heterocycles. The van der Waals surface area contributed by atoms with Gasteiger partial charge in [0, 0.05) is 35.2 Å². The lowest BCUT2D eigenvalue weighted by atomic mass is 9.90. The van der Waals surface area contributed by atoms with Crippen LogP contribution in [0.4, 0.5) is 0 Å². The van der Waals surface area contributed by atoms with E-state index in [2.05, 4.69) is 5.32 Å². The second-order valence-corrected chi connectivity index (χ2v) is 12.6. The van der Waals surface area contributed by atoms with E-state index >= 15 is 0 Å². The Hall–Kier alpha value is -3.11. The molecule has 8 nitrogen and oxygen atoms in total. The van der Waals surface area contributed by atoms with Crippen LogP contribution in [0.1, 0.15) is 30.9 Å². The number of aliphatic imine (C=N–C) groups is 1. The Kier molecular flexibility index (Phi) is 10.3. The minimum absolute atomic E-state index is 0.0392. The van der Waals surface area contributed by atoms with Crippen molar-refractivity contribution in [3.63, 3.8) is 0 Å². The fraction of sp³-hybridized carbons (Fsp3) is 0.333. The molecular formula is C30H32Cl2N2O6S. The third-order valence-electron chi connectivity index (χ3n) is 6.88. The summed E-state index contributed by atoms with van der Waals surface area (Å²) in [6, 6.07) is 20.3. The zero-order chi connectivity index (χ0) is 29.5. The number of aliphatic hydroxyl groups is 1. The van der Waals surface area contributed by atoms with Crippen molar-refractivity contribution in [1.82, 2.24) is 5.32 Å². The highest BCUT2D eigenvalue weighted by Gasteiger charge is 2.50. The third kappa shape index (κ3) is 7.60. The van der Waals surface area contributed by atoms with Gasteiger partial charge in [-0.1, -0.05) is 47.5 Å². The number of amides is 1. The molecule has 3 aromatic carbocycles. The topological polar surface area (TPSA) is 114 Å². The molecule has 2 N–H and O–H groups in total. The average Bonchev–Trinajstić information content (AvgIpc) is 3.31. The molecule has 1 aliphatic rings. The average molecular weight is 620 g/mol. The van der Waals surface area contributed by atoms with Gasteiger partial charge in [-0.25, -0.2) is 13.4 Å². The molecular weight excluding hydrogens is 587 g/mol. The van der Waals surface area contributed by atoms with Crippen LogP contribution < -0.4 is 10.1 Å². The Labute approximate surface area is 250 Å². The standard InChI is InChI=1S/C30H32Cl2N2O6S/c1-21-30(15-19-41(37,38)26-6-3-2-4-7-26,29(36)33-16-14-22-8-11-24(31)20-27(22)32)34-28(40-21)23-9-12-25(13-10-23)39-18-5-17-35/h2-4,6-13,20-21,35H,5,14-19H2,1H3,(H,33,36)/t21-,30-/m1/s1. The molecule has 0 bridgehead atoms. The van der Waals surface area contributed by atoms with Crippen molar-refractivity contribution in [2.75, 3.05) is 25.5 Å². The van der Waals surface area contributed by atoms with Gasteiger partial charge in [0.2, 0.25) is 5.90 Å². The van der Waals surface area contributed by atoms with Gasteiger partial charge in [0.1, 0.15) is 11.9 Å². The molecule has 0 aliphatic carbocycles. The van der Waals surface area contributed by atoms with E-state index in [1.54, 1.807) is 67.6 Å². The number of nitrogens with zero attached hydrogens (tertiary/aromatic N) is 1. The van der Waals surface area contributed by atoms with E-state index in [0.717, 1.165) is 5.56 Å². The van der Waals surface area contributed by atoms with Gasteiger partial charge in [-0.3, -0.25) is 4.79 Å². The van der Waals surface area contributed by atoms with E-state index in [4.69, 9.17) is 42.8 Å². The van der Waals surface area contributed by atoms with Gasteiger partial charge in [0.25, 0.3) is 5.91 Å². The number of rotatable bonds is 13. The van der Waals surface area contributed by atoms with Crippen molar-refractivity contribution in [3.05, 3.63) is 94.0 Å². The molecule has 41 heavy (non-hydrogen) atoms. The van der Waals surface area contributed by atoms with E-state index in [0.29, 0.717) is 40.8 Å². The molecule has 0 radical (unpaired) electrons. The van der Waals surface area contributed by atoms with E-state index in [1.165, 1.54) is 12.1 Å². The maximum atomic E-state index is 13.8. The highest BCUT2D eigenvalue weighted by Crippen LogP contribution is 2.34. The van der Waals surface area contributed by atoms with Crippen molar-refractivity contribution in [2.45, 2.75) is 42.7 Å². The maximum absolute atomic E-state index is 13.8. The van der Waals surface area contributed by atoms with Gasteiger partial charge in [-0.2, -0.15) is 0 Å². The number of aliphatic hydroxyl groups excluding tert-OH is 1. The lowest BCUT2D eigenvalue weighted by molar-refractivity contribution is -0.128. The predicted molar refractivity (Wildman–Crippen MR) is 160 cm³/mol. The first-order valence-corrected chi connectivity index (χ1v) is 15.7. The number of hydrogen-bond acceptors (Lipinski definition) is 7. The Bertz CT molecular complexity index is 1480. The Morgan fingerprint density at radius 2 is 1.83 bits per heavy atom. The molecule has 11 heteroatoms. The van der Waals surface area contributed by atoms with Gasteiger partial charge >= 0.3 is 0 Å². The van der Waals surface area contributed by atoms with Gasteiger partial charge in [0.05, 0.1) is 17.3 Å². The summed E-state index contributed by atoms with van der Waals surface area (Å²) in [6.07, 6.45) is 0.153. The van der Waals surface area contributed by atoms with E-state index in [1.807, 2.05) is 0 Å². The van der Waals surface area contributed by atoms with Crippen LogP contribution in [0.25, 0.3) is 0 Å². The molecule has 0 aromatic heterocycles. The number of benzene rings is 3. The molecule has 4 rings (SSSR count). The number of ether oxygens (including phenoxy) is 2. The van der Waals surface area contributed by atoms with Crippen molar-refractivity contribution in [3.8, 4) is 5.75 Å². The normalized spacial score (nSPS) is 18.4. The highest BCUT2D eigenvalue weighted by molar-refractivity contribution is 7.91. The zero-order valence-corrected chi connectivity index (χ0v) is 24.9. The molecule has 2 atom stereocenters. The first kappa shape index (κ1) is 30.8. The van der Waals surface area contributed by atoms with Crippen LogP contribution in [0, 0.1) is 0 Å². The smallest absolute Gasteiger partial charge is 0.251 e. The summed E-state index contributed by atoms with van der Waals surface area (Å²) in [5.41, 5.74) is -0.0322. The minimum atomic E-state index is -3.68. The fourth-order valence-corrected chi connectivity index (χ4v) is 6.37. The summed E-state index contributed by atoms with van der Waals surface area (Å²) in [5, 5.41) is 12.9. The summed E-state index contributed by atoms with van der Waals surface area (Å²) in [5.74, 6) is 0.132. The van der Waals surface area contributed by atoms with Crippen LogP contribution >= 0.6 is 23.2 Å². The van der Waals surface area contributed by atoms with Crippen LogP contribution in [0.5, 0.6) is 5.75 Å². The summed E-state index contributed by atoms with van der Waals surface area (Å²) in [4.78, 5) is 18.7. The molecule has 1 aliphatic heterocycles. The van der Waals surface area contributed by atoms with Crippen LogP contribution in [0.2, 0.25) is 10.0 Å². The SMILES string of the molecule is C[C@H]1OC(c2ccc(OCCCO)cc2)=N[C@@]1(CCS(=O)(=O)c1ccccc1)C(=O)NCCc1ccc(Cl)cc1Cl. The predicted octanol–water partition coefficient (Wildman–Crippen LogP) is 4.88. The van der Waals surface area contributed by atoms with Gasteiger partial charge in [-0.15, -0.1) is 0 Å². The first-order valence-electron chi connectivity index (χ1n) is 13.3. The largest absolute Gasteiger partial charge is 0.494 e. The Balaban J connectivity index is 1.56. The van der Waals surface area contributed by atoms with Gasteiger partial charge < -0.3 is 19.9 Å². The Morgan fingerprint density at radius 1 is 1.10 bits per heavy atom. The van der Waals surface area contributed by atoms with Crippen molar-refractivity contribution < 1.29 is 27.8 Å². The summed E-state index contributed by atoms with van der Waals surface area (Å²) in [7, 11) is -3.68. The third-order valence-corrected chi connectivity index (χ3v) is 9.20. The van der Waals surface area contributed by atoms with Crippen molar-refractivity contribution in [2.24, 2.45) is 4.99 Å². The highest BCUT2D eigenvalue weighted by atomic mass is 35.5. The first-order chi connectivity index (χ1) is 19.6. The fourth-order valence-electron chi connectivity index (χ4n) is 4.48. The van der Waals surface area contributed by atoms with E-state index in [-0.39, 0.29) is 36.1 Å². The Morgan fingerprint density at radius 3 is 2.51 bits per heavy atom. The maximum Gasteiger partial charge on any atom is 0.251 e. The molecule has 1 amide bonds. The number of nitrogens with one attached hydrogen (secondary N) is 1. The molecule has 218 valence electrons.